The van der Waals surface area contributed by atoms with E-state index in [4.69, 9.17) is 5.26 Å². The molecule has 1 aromatic heterocycles. The number of hydrogen-bond acceptors (Lipinski definition) is 4. The van der Waals surface area contributed by atoms with E-state index in [2.05, 4.69) is 31.6 Å². The molecule has 0 unspecified atom stereocenters. The lowest BCUT2D eigenvalue weighted by atomic mass is 10.7. The van der Waals surface area contributed by atoms with Crippen LogP contribution in [-0.2, 0) is 0 Å². The van der Waals surface area contributed by atoms with Gasteiger partial charge < -0.3 is 0 Å². The molecular formula is C2BrN5. The van der Waals surface area contributed by atoms with Crippen molar-refractivity contribution in [2.24, 2.45) is 0 Å². The molecule has 0 atom stereocenters. The molecule has 0 aliphatic heterocycles. The van der Waals surface area contributed by atoms with Crippen molar-refractivity contribution in [1.82, 2.24) is 19.2 Å². The Kier molecular flexibility index (Phi) is 1.22. The van der Waals surface area contributed by atoms with Crippen LogP contribution in [-0.4, -0.2) is 19.2 Å². The highest BCUT2D eigenvalue weighted by Gasteiger charge is 1.94. The van der Waals surface area contributed by atoms with Gasteiger partial charge in [0.05, 0.1) is 0 Å². The molecule has 1 aromatic rings. The van der Waals surface area contributed by atoms with Gasteiger partial charge in [-0.15, -0.1) is 5.10 Å². The third-order valence-corrected chi connectivity index (χ3v) is 0.791. The molecule has 0 N–H and O–H groups in total. The van der Waals surface area contributed by atoms with Crippen LogP contribution < -0.4 is 0 Å². The first-order valence-corrected chi connectivity index (χ1v) is 2.40. The van der Waals surface area contributed by atoms with E-state index < -0.39 is 0 Å². The van der Waals surface area contributed by atoms with E-state index >= 15 is 0 Å². The highest BCUT2D eigenvalue weighted by Crippen LogP contribution is 1.84. The number of nitrogens with zero attached hydrogens (tertiary/aromatic N) is 5. The number of halogens is 1. The lowest BCUT2D eigenvalue weighted by molar-refractivity contribution is 0.834. The van der Waals surface area contributed by atoms with Gasteiger partial charge in [0, 0.05) is 0 Å². The SMILES string of the molecule is N#Cc1nnn(Br)n1. The Hall–Kier alpha value is -0.960. The number of tetrazole rings is 1. The van der Waals surface area contributed by atoms with E-state index in [1.807, 2.05) is 0 Å². The average Bonchev–Trinajstić information content (AvgIpc) is 2.14. The predicted molar refractivity (Wildman–Crippen MR) is 26.9 cm³/mol. The van der Waals surface area contributed by atoms with Crippen LogP contribution in [0.2, 0.25) is 0 Å². The monoisotopic (exact) mass is 173 g/mol. The predicted octanol–water partition coefficient (Wildman–Crippen LogP) is -0.297. The zero-order chi connectivity index (χ0) is 5.98. The largest absolute Gasteiger partial charge is 0.275 e. The van der Waals surface area contributed by atoms with Crippen LogP contribution in [0, 0.1) is 11.3 Å². The average molecular weight is 174 g/mol. The summed E-state index contributed by atoms with van der Waals surface area (Å²) in [4.78, 5) is 0. The second-order valence-electron chi connectivity index (χ2n) is 0.965. The molecule has 0 saturated heterocycles. The van der Waals surface area contributed by atoms with Crippen molar-refractivity contribution < 1.29 is 0 Å². The van der Waals surface area contributed by atoms with Gasteiger partial charge in [-0.1, -0.05) is 8.92 Å². The van der Waals surface area contributed by atoms with Gasteiger partial charge in [-0.2, -0.15) is 5.26 Å². The molecule has 1 rings (SSSR count). The van der Waals surface area contributed by atoms with E-state index in [0.717, 1.165) is 3.82 Å². The molecule has 0 aliphatic rings. The molecule has 40 valence electrons. The van der Waals surface area contributed by atoms with E-state index in [1.165, 1.54) is 0 Å². The molecule has 0 spiro atoms. The highest BCUT2D eigenvalue weighted by molar-refractivity contribution is 9.08. The van der Waals surface area contributed by atoms with Crippen LogP contribution >= 0.6 is 16.1 Å². The second-order valence-corrected chi connectivity index (χ2v) is 1.60. The van der Waals surface area contributed by atoms with Crippen molar-refractivity contribution >= 4 is 16.1 Å². The molecule has 1 heterocycles. The van der Waals surface area contributed by atoms with E-state index in [0.29, 0.717) is 0 Å². The minimum atomic E-state index is 0.0573. The summed E-state index contributed by atoms with van der Waals surface area (Å²) in [5.74, 6) is 0.0573. The molecule has 6 heteroatoms. The third kappa shape index (κ3) is 0.816. The first-order valence-electron chi connectivity index (χ1n) is 1.69. The standard InChI is InChI=1S/C2BrN5/c3-8-6-2(1-4)5-7-8. The molecule has 0 saturated carbocycles. The Bertz CT molecular complexity index is 221. The number of hydrogen-bond donors (Lipinski definition) is 0. The van der Waals surface area contributed by atoms with Gasteiger partial charge in [-0.3, -0.25) is 0 Å². The molecule has 0 amide bonds. The summed E-state index contributed by atoms with van der Waals surface area (Å²) in [7, 11) is 0. The van der Waals surface area contributed by atoms with Gasteiger partial charge in [0.1, 0.15) is 22.2 Å². The summed E-state index contributed by atoms with van der Waals surface area (Å²) in [5.41, 5.74) is 0. The lowest BCUT2D eigenvalue weighted by Crippen LogP contribution is -1.82. The Morgan fingerprint density at radius 3 is 2.75 bits per heavy atom. The van der Waals surface area contributed by atoms with E-state index in [-0.39, 0.29) is 5.82 Å². The summed E-state index contributed by atoms with van der Waals surface area (Å²) >= 11 is 2.85. The van der Waals surface area contributed by atoms with Crippen LogP contribution in [0.5, 0.6) is 0 Å². The fraction of sp³-hybridized carbons (Fsp3) is 0. The second kappa shape index (κ2) is 1.88. The molecule has 5 nitrogen and oxygen atoms in total. The van der Waals surface area contributed by atoms with Gasteiger partial charge >= 0.3 is 0 Å². The van der Waals surface area contributed by atoms with Crippen molar-refractivity contribution in [2.75, 3.05) is 0 Å². The van der Waals surface area contributed by atoms with Crippen molar-refractivity contribution in [3.63, 3.8) is 0 Å². The van der Waals surface area contributed by atoms with Gasteiger partial charge in [-0.05, 0) is 5.21 Å². The summed E-state index contributed by atoms with van der Waals surface area (Å²) in [6.07, 6.45) is 0. The quantitative estimate of drug-likeness (QED) is 0.541. The number of nitriles is 1. The smallest absolute Gasteiger partial charge is 0.189 e. The van der Waals surface area contributed by atoms with Gasteiger partial charge in [0.25, 0.3) is 5.82 Å². The first kappa shape index (κ1) is 5.18. The Balaban J connectivity index is 3.05. The molecular weight excluding hydrogens is 174 g/mol. The summed E-state index contributed by atoms with van der Waals surface area (Å²) < 4.78 is 1.05. The number of rotatable bonds is 0. The molecule has 0 aromatic carbocycles. The lowest BCUT2D eigenvalue weighted by Gasteiger charge is -1.68. The van der Waals surface area contributed by atoms with Crippen molar-refractivity contribution in [3.8, 4) is 6.07 Å². The molecule has 0 fully saturated rings. The molecule has 0 radical (unpaired) electrons. The van der Waals surface area contributed by atoms with Crippen LogP contribution in [0.3, 0.4) is 0 Å². The summed E-state index contributed by atoms with van der Waals surface area (Å²) in [6.45, 7) is 0. The normalized spacial score (nSPS) is 8.50. The fourth-order valence-electron chi connectivity index (χ4n) is 0.242. The minimum Gasteiger partial charge on any atom is -0.189 e. The van der Waals surface area contributed by atoms with Gasteiger partial charge in [-0.25, -0.2) is 0 Å². The van der Waals surface area contributed by atoms with Crippen LogP contribution in [0.4, 0.5) is 0 Å². The Morgan fingerprint density at radius 1 is 1.75 bits per heavy atom. The maximum atomic E-state index is 8.10. The van der Waals surface area contributed by atoms with Gasteiger partial charge in [0.2, 0.25) is 0 Å². The maximum Gasteiger partial charge on any atom is 0.275 e. The van der Waals surface area contributed by atoms with E-state index in [1.54, 1.807) is 6.07 Å². The van der Waals surface area contributed by atoms with Crippen molar-refractivity contribution in [2.45, 2.75) is 0 Å². The first-order chi connectivity index (χ1) is 3.83. The minimum absolute atomic E-state index is 0.0573. The third-order valence-electron chi connectivity index (χ3n) is 0.490. The summed E-state index contributed by atoms with van der Waals surface area (Å²) in [5, 5.41) is 18.2. The fourth-order valence-corrected chi connectivity index (χ4v) is 0.463. The Morgan fingerprint density at radius 2 is 2.50 bits per heavy atom. The van der Waals surface area contributed by atoms with Crippen LogP contribution in [0.1, 0.15) is 5.82 Å². The zero-order valence-electron chi connectivity index (χ0n) is 3.61. The van der Waals surface area contributed by atoms with Crippen molar-refractivity contribution in [1.29, 1.82) is 5.26 Å². The van der Waals surface area contributed by atoms with Gasteiger partial charge in [0.15, 0.2) is 0 Å². The zero-order valence-corrected chi connectivity index (χ0v) is 5.20. The molecule has 0 aliphatic carbocycles. The highest BCUT2D eigenvalue weighted by atomic mass is 79.9. The number of aromatic nitrogens is 4. The summed E-state index contributed by atoms with van der Waals surface area (Å²) in [6, 6.07) is 1.71. The molecule has 0 bridgehead atoms. The van der Waals surface area contributed by atoms with E-state index in [9.17, 15) is 0 Å². The molecule has 8 heavy (non-hydrogen) atoms. The topological polar surface area (TPSA) is 67.4 Å². The maximum absolute atomic E-state index is 8.10. The Labute approximate surface area is 53.3 Å². The van der Waals surface area contributed by atoms with Crippen LogP contribution in [0.25, 0.3) is 0 Å². The van der Waals surface area contributed by atoms with Crippen molar-refractivity contribution in [3.05, 3.63) is 5.82 Å². The van der Waals surface area contributed by atoms with Crippen LogP contribution in [0.15, 0.2) is 0 Å².